The number of nitrogens with zero attached hydrogens (tertiary/aromatic N) is 1. The zero-order chi connectivity index (χ0) is 11.5. The predicted molar refractivity (Wildman–Crippen MR) is 69.5 cm³/mol. The largest absolute Gasteiger partial charge is 0.339 e. The maximum Gasteiger partial charge on any atom is 0.170 e. The molecule has 1 atom stereocenters. The number of benzene rings is 1. The topological polar surface area (TPSA) is 54.7 Å². The molecule has 0 radical (unpaired) electrons. The second-order valence-electron chi connectivity index (χ2n) is 3.47. The Balaban J connectivity index is 2.21. The number of hydrogen-bond donors (Lipinski definition) is 2. The summed E-state index contributed by atoms with van der Waals surface area (Å²) < 4.78 is 1.04. The van der Waals surface area contributed by atoms with Crippen LogP contribution in [0.15, 0.2) is 45.1 Å². The van der Waals surface area contributed by atoms with Crippen molar-refractivity contribution in [2.75, 3.05) is 0 Å². The number of rotatable bonds is 3. The lowest BCUT2D eigenvalue weighted by molar-refractivity contribution is 0.811. The van der Waals surface area contributed by atoms with E-state index in [-0.39, 0.29) is 6.04 Å². The van der Waals surface area contributed by atoms with Gasteiger partial charge in [0.15, 0.2) is 5.16 Å². The van der Waals surface area contributed by atoms with Crippen LogP contribution in [0.2, 0.25) is 0 Å². The van der Waals surface area contributed by atoms with Gasteiger partial charge in [0, 0.05) is 27.8 Å². The standard InChI is InChI=1S/C11H12BrN3S/c1-7(13)9-3-2-8(6-10(9)12)16-11-14-4-5-15-11/h2-7H,13H2,1H3,(H,14,15)/t7-/m0/s1. The quantitative estimate of drug-likeness (QED) is 0.913. The van der Waals surface area contributed by atoms with Gasteiger partial charge in [-0.05, 0) is 24.6 Å². The summed E-state index contributed by atoms with van der Waals surface area (Å²) in [6.07, 6.45) is 3.56. The van der Waals surface area contributed by atoms with Gasteiger partial charge >= 0.3 is 0 Å². The molecule has 0 aliphatic rings. The minimum atomic E-state index is 0.0389. The predicted octanol–water partition coefficient (Wildman–Crippen LogP) is 3.34. The smallest absolute Gasteiger partial charge is 0.170 e. The summed E-state index contributed by atoms with van der Waals surface area (Å²) in [6.45, 7) is 1.97. The average Bonchev–Trinajstić information content (AvgIpc) is 2.70. The third kappa shape index (κ3) is 2.66. The fourth-order valence-corrected chi connectivity index (χ4v) is 3.03. The number of imidazole rings is 1. The molecule has 1 heterocycles. The highest BCUT2D eigenvalue weighted by molar-refractivity contribution is 9.10. The van der Waals surface area contributed by atoms with Crippen molar-refractivity contribution in [2.24, 2.45) is 5.73 Å². The molecule has 0 saturated heterocycles. The first kappa shape index (κ1) is 11.7. The molecule has 0 spiro atoms. The molecule has 0 unspecified atom stereocenters. The second kappa shape index (κ2) is 5.03. The number of halogens is 1. The highest BCUT2D eigenvalue weighted by Gasteiger charge is 2.07. The van der Waals surface area contributed by atoms with Gasteiger partial charge in [-0.2, -0.15) is 0 Å². The molecule has 1 aromatic heterocycles. The number of H-pyrrole nitrogens is 1. The SMILES string of the molecule is C[C@H](N)c1ccc(Sc2ncc[nH]2)cc1Br. The van der Waals surface area contributed by atoms with Crippen molar-refractivity contribution in [3.63, 3.8) is 0 Å². The molecular formula is C11H12BrN3S. The van der Waals surface area contributed by atoms with Crippen LogP contribution in [0.5, 0.6) is 0 Å². The lowest BCUT2D eigenvalue weighted by Gasteiger charge is -2.09. The molecule has 3 N–H and O–H groups in total. The Morgan fingerprint density at radius 2 is 2.31 bits per heavy atom. The van der Waals surface area contributed by atoms with Crippen molar-refractivity contribution in [1.82, 2.24) is 9.97 Å². The molecule has 2 rings (SSSR count). The third-order valence-corrected chi connectivity index (χ3v) is 3.74. The van der Waals surface area contributed by atoms with Crippen LogP contribution in [0, 0.1) is 0 Å². The molecule has 0 amide bonds. The Labute approximate surface area is 107 Å². The number of aromatic nitrogens is 2. The molecule has 0 aliphatic carbocycles. The summed E-state index contributed by atoms with van der Waals surface area (Å²) in [5.74, 6) is 0. The molecule has 5 heteroatoms. The van der Waals surface area contributed by atoms with E-state index in [1.54, 1.807) is 18.0 Å². The fourth-order valence-electron chi connectivity index (χ4n) is 1.36. The van der Waals surface area contributed by atoms with Crippen LogP contribution < -0.4 is 5.73 Å². The monoisotopic (exact) mass is 297 g/mol. The Morgan fingerprint density at radius 1 is 1.50 bits per heavy atom. The van der Waals surface area contributed by atoms with E-state index in [9.17, 15) is 0 Å². The van der Waals surface area contributed by atoms with E-state index in [0.717, 1.165) is 20.1 Å². The Morgan fingerprint density at radius 3 is 2.88 bits per heavy atom. The number of nitrogens with one attached hydrogen (secondary N) is 1. The van der Waals surface area contributed by atoms with E-state index < -0.39 is 0 Å². The zero-order valence-corrected chi connectivity index (χ0v) is 11.2. The van der Waals surface area contributed by atoms with Gasteiger partial charge in [-0.3, -0.25) is 0 Å². The van der Waals surface area contributed by atoms with Gasteiger partial charge in [0.1, 0.15) is 0 Å². The van der Waals surface area contributed by atoms with E-state index in [4.69, 9.17) is 5.73 Å². The first-order valence-corrected chi connectivity index (χ1v) is 6.50. The molecule has 84 valence electrons. The summed E-state index contributed by atoms with van der Waals surface area (Å²) in [4.78, 5) is 8.35. The molecule has 0 saturated carbocycles. The molecule has 0 aliphatic heterocycles. The lowest BCUT2D eigenvalue weighted by Crippen LogP contribution is -2.05. The summed E-state index contributed by atoms with van der Waals surface area (Å²) in [5.41, 5.74) is 6.96. The van der Waals surface area contributed by atoms with Gasteiger partial charge in [-0.25, -0.2) is 4.98 Å². The first-order valence-electron chi connectivity index (χ1n) is 4.89. The second-order valence-corrected chi connectivity index (χ2v) is 5.38. The van der Waals surface area contributed by atoms with E-state index in [1.165, 1.54) is 0 Å². The Kier molecular flexibility index (Phi) is 3.68. The molecule has 0 bridgehead atoms. The van der Waals surface area contributed by atoms with Crippen LogP contribution in [-0.2, 0) is 0 Å². The number of aromatic amines is 1. The molecule has 1 aromatic carbocycles. The minimum absolute atomic E-state index is 0.0389. The number of hydrogen-bond acceptors (Lipinski definition) is 3. The normalized spacial score (nSPS) is 12.7. The van der Waals surface area contributed by atoms with Crippen molar-refractivity contribution in [1.29, 1.82) is 0 Å². The zero-order valence-electron chi connectivity index (χ0n) is 8.77. The molecule has 2 aromatic rings. The van der Waals surface area contributed by atoms with E-state index >= 15 is 0 Å². The molecular weight excluding hydrogens is 286 g/mol. The maximum atomic E-state index is 5.85. The van der Waals surface area contributed by atoms with Gasteiger partial charge in [0.25, 0.3) is 0 Å². The van der Waals surface area contributed by atoms with Crippen molar-refractivity contribution in [2.45, 2.75) is 23.0 Å². The van der Waals surface area contributed by atoms with Gasteiger partial charge in [-0.15, -0.1) is 0 Å². The summed E-state index contributed by atoms with van der Waals surface area (Å²) in [6, 6.07) is 6.19. The Bertz CT molecular complexity index is 468. The van der Waals surface area contributed by atoms with E-state index in [0.29, 0.717) is 0 Å². The third-order valence-electron chi connectivity index (χ3n) is 2.15. The minimum Gasteiger partial charge on any atom is -0.339 e. The van der Waals surface area contributed by atoms with Crippen LogP contribution in [0.25, 0.3) is 0 Å². The molecule has 0 fully saturated rings. The highest BCUT2D eigenvalue weighted by atomic mass is 79.9. The van der Waals surface area contributed by atoms with E-state index in [2.05, 4.69) is 38.0 Å². The van der Waals surface area contributed by atoms with Crippen LogP contribution in [0.4, 0.5) is 0 Å². The summed E-state index contributed by atoms with van der Waals surface area (Å²) in [5, 5.41) is 0.889. The summed E-state index contributed by atoms with van der Waals surface area (Å²) >= 11 is 5.12. The van der Waals surface area contributed by atoms with Crippen molar-refractivity contribution < 1.29 is 0 Å². The fraction of sp³-hybridized carbons (Fsp3) is 0.182. The van der Waals surface area contributed by atoms with Crippen LogP contribution in [0.3, 0.4) is 0 Å². The Hall–Kier alpha value is -0.780. The average molecular weight is 298 g/mol. The molecule has 16 heavy (non-hydrogen) atoms. The number of nitrogens with two attached hydrogens (primary N) is 1. The van der Waals surface area contributed by atoms with Gasteiger partial charge in [0.05, 0.1) is 0 Å². The van der Waals surface area contributed by atoms with Gasteiger partial charge in [-0.1, -0.05) is 33.8 Å². The molecule has 3 nitrogen and oxygen atoms in total. The first-order chi connectivity index (χ1) is 7.66. The summed E-state index contributed by atoms with van der Waals surface area (Å²) in [7, 11) is 0. The van der Waals surface area contributed by atoms with Crippen molar-refractivity contribution in [3.8, 4) is 0 Å². The van der Waals surface area contributed by atoms with Crippen molar-refractivity contribution >= 4 is 27.7 Å². The highest BCUT2D eigenvalue weighted by Crippen LogP contribution is 2.30. The van der Waals surface area contributed by atoms with Gasteiger partial charge in [0.2, 0.25) is 0 Å². The van der Waals surface area contributed by atoms with Crippen LogP contribution >= 0.6 is 27.7 Å². The van der Waals surface area contributed by atoms with Crippen molar-refractivity contribution in [3.05, 3.63) is 40.6 Å². The lowest BCUT2D eigenvalue weighted by atomic mass is 10.1. The van der Waals surface area contributed by atoms with Crippen LogP contribution in [-0.4, -0.2) is 9.97 Å². The maximum absolute atomic E-state index is 5.85. The van der Waals surface area contributed by atoms with E-state index in [1.807, 2.05) is 19.2 Å². The van der Waals surface area contributed by atoms with Crippen LogP contribution in [0.1, 0.15) is 18.5 Å². The van der Waals surface area contributed by atoms with Gasteiger partial charge < -0.3 is 10.7 Å².